The van der Waals surface area contributed by atoms with Crippen LogP contribution in [0.1, 0.15) is 31.2 Å². The van der Waals surface area contributed by atoms with Gasteiger partial charge in [0.2, 0.25) is 0 Å². The van der Waals surface area contributed by atoms with Gasteiger partial charge in [0.15, 0.2) is 0 Å². The second-order valence-corrected chi connectivity index (χ2v) is 4.99. The number of hydrogen-bond acceptors (Lipinski definition) is 4. The third-order valence-corrected chi connectivity index (χ3v) is 3.71. The summed E-state index contributed by atoms with van der Waals surface area (Å²) < 4.78 is 0. The molecule has 0 heterocycles. The van der Waals surface area contributed by atoms with E-state index in [0.29, 0.717) is 18.3 Å². The topological polar surface area (TPSA) is 72.4 Å². The zero-order valence-corrected chi connectivity index (χ0v) is 10.6. The minimum atomic E-state index is -0.376. The van der Waals surface area contributed by atoms with Crippen LogP contribution in [0, 0.1) is 10.1 Å². The van der Waals surface area contributed by atoms with Crippen LogP contribution in [-0.4, -0.2) is 22.9 Å². The number of hydrogen-bond donors (Lipinski definition) is 1. The number of nitro groups is 1. The summed E-state index contributed by atoms with van der Waals surface area (Å²) in [7, 11) is 2.06. The van der Waals surface area contributed by atoms with E-state index in [1.54, 1.807) is 12.1 Å². The SMILES string of the molecule is CN(Cc1cc([N+](=O)[O-])ccc1N)C1CCCC1. The number of nitrogens with zero attached hydrogens (tertiary/aromatic N) is 2. The maximum atomic E-state index is 10.8. The van der Waals surface area contributed by atoms with E-state index in [0.717, 1.165) is 5.56 Å². The number of nitro benzene ring substituents is 1. The highest BCUT2D eigenvalue weighted by Crippen LogP contribution is 2.26. The Balaban J connectivity index is 2.12. The molecule has 0 saturated heterocycles. The van der Waals surface area contributed by atoms with Crippen molar-refractivity contribution in [1.29, 1.82) is 0 Å². The van der Waals surface area contributed by atoms with E-state index < -0.39 is 0 Å². The van der Waals surface area contributed by atoms with Gasteiger partial charge in [-0.2, -0.15) is 0 Å². The summed E-state index contributed by atoms with van der Waals surface area (Å²) in [5.74, 6) is 0. The predicted molar refractivity (Wildman–Crippen MR) is 71.2 cm³/mol. The first-order chi connectivity index (χ1) is 8.58. The Morgan fingerprint density at radius 1 is 1.44 bits per heavy atom. The van der Waals surface area contributed by atoms with Crippen molar-refractivity contribution in [3.63, 3.8) is 0 Å². The highest BCUT2D eigenvalue weighted by molar-refractivity contribution is 5.52. The molecule has 1 fully saturated rings. The van der Waals surface area contributed by atoms with Crippen LogP contribution in [0.3, 0.4) is 0 Å². The lowest BCUT2D eigenvalue weighted by Crippen LogP contribution is -2.28. The summed E-state index contributed by atoms with van der Waals surface area (Å²) in [6, 6.07) is 5.24. The van der Waals surface area contributed by atoms with E-state index in [2.05, 4.69) is 11.9 Å². The third-order valence-electron chi connectivity index (χ3n) is 3.71. The lowest BCUT2D eigenvalue weighted by atomic mass is 10.1. The molecule has 0 radical (unpaired) electrons. The second-order valence-electron chi connectivity index (χ2n) is 4.99. The molecule has 1 aliphatic rings. The lowest BCUT2D eigenvalue weighted by molar-refractivity contribution is -0.384. The zero-order chi connectivity index (χ0) is 13.1. The van der Waals surface area contributed by atoms with Gasteiger partial charge in [-0.1, -0.05) is 12.8 Å². The third kappa shape index (κ3) is 2.79. The number of benzene rings is 1. The van der Waals surface area contributed by atoms with Crippen molar-refractivity contribution in [2.75, 3.05) is 12.8 Å². The van der Waals surface area contributed by atoms with Gasteiger partial charge >= 0.3 is 0 Å². The van der Waals surface area contributed by atoms with E-state index in [1.807, 2.05) is 0 Å². The molecule has 0 atom stereocenters. The quantitative estimate of drug-likeness (QED) is 0.505. The van der Waals surface area contributed by atoms with Gasteiger partial charge in [0, 0.05) is 30.4 Å². The Kier molecular flexibility index (Phi) is 3.81. The summed E-state index contributed by atoms with van der Waals surface area (Å²) in [5.41, 5.74) is 7.47. The Labute approximate surface area is 107 Å². The summed E-state index contributed by atoms with van der Waals surface area (Å²) in [4.78, 5) is 12.6. The molecule has 1 aliphatic carbocycles. The van der Waals surface area contributed by atoms with Crippen molar-refractivity contribution >= 4 is 11.4 Å². The fourth-order valence-electron chi connectivity index (χ4n) is 2.59. The van der Waals surface area contributed by atoms with Gasteiger partial charge in [0.25, 0.3) is 5.69 Å². The molecule has 0 aromatic heterocycles. The molecule has 18 heavy (non-hydrogen) atoms. The highest BCUT2D eigenvalue weighted by atomic mass is 16.6. The molecule has 1 aromatic rings. The van der Waals surface area contributed by atoms with E-state index in [4.69, 9.17) is 5.73 Å². The predicted octanol–water partition coefficient (Wildman–Crippen LogP) is 2.55. The maximum Gasteiger partial charge on any atom is 0.269 e. The normalized spacial score (nSPS) is 16.3. The van der Waals surface area contributed by atoms with E-state index in [1.165, 1.54) is 31.7 Å². The highest BCUT2D eigenvalue weighted by Gasteiger charge is 2.20. The molecule has 2 N–H and O–H groups in total. The van der Waals surface area contributed by atoms with Gasteiger partial charge in [0.05, 0.1) is 4.92 Å². The smallest absolute Gasteiger partial charge is 0.269 e. The number of rotatable bonds is 4. The van der Waals surface area contributed by atoms with E-state index in [-0.39, 0.29) is 10.6 Å². The van der Waals surface area contributed by atoms with Crippen LogP contribution in [0.4, 0.5) is 11.4 Å². The molecule has 2 rings (SSSR count). The minimum Gasteiger partial charge on any atom is -0.398 e. The summed E-state index contributed by atoms with van der Waals surface area (Å²) in [5, 5.41) is 10.8. The van der Waals surface area contributed by atoms with Crippen LogP contribution in [0.15, 0.2) is 18.2 Å². The van der Waals surface area contributed by atoms with Crippen molar-refractivity contribution in [2.45, 2.75) is 38.3 Å². The van der Waals surface area contributed by atoms with Crippen molar-refractivity contribution in [3.8, 4) is 0 Å². The number of anilines is 1. The largest absolute Gasteiger partial charge is 0.398 e. The van der Waals surface area contributed by atoms with Crippen LogP contribution in [0.25, 0.3) is 0 Å². The van der Waals surface area contributed by atoms with E-state index >= 15 is 0 Å². The average Bonchev–Trinajstić information content (AvgIpc) is 2.85. The van der Waals surface area contributed by atoms with Crippen molar-refractivity contribution < 1.29 is 4.92 Å². The monoisotopic (exact) mass is 249 g/mol. The van der Waals surface area contributed by atoms with Crippen LogP contribution in [0.5, 0.6) is 0 Å². The van der Waals surface area contributed by atoms with Gasteiger partial charge < -0.3 is 5.73 Å². The van der Waals surface area contributed by atoms with Gasteiger partial charge in [-0.25, -0.2) is 0 Å². The number of nitrogen functional groups attached to an aromatic ring is 1. The van der Waals surface area contributed by atoms with Crippen LogP contribution in [-0.2, 0) is 6.54 Å². The fourth-order valence-corrected chi connectivity index (χ4v) is 2.59. The van der Waals surface area contributed by atoms with Gasteiger partial charge in [-0.3, -0.25) is 15.0 Å². The van der Waals surface area contributed by atoms with Crippen LogP contribution < -0.4 is 5.73 Å². The molecule has 0 aliphatic heterocycles. The average molecular weight is 249 g/mol. The summed E-state index contributed by atoms with van der Waals surface area (Å²) in [6.07, 6.45) is 4.98. The molecule has 0 amide bonds. The van der Waals surface area contributed by atoms with Crippen molar-refractivity contribution in [2.24, 2.45) is 0 Å². The zero-order valence-electron chi connectivity index (χ0n) is 10.6. The standard InChI is InChI=1S/C13H19N3O2/c1-15(11-4-2-3-5-11)9-10-8-12(16(17)18)6-7-13(10)14/h6-8,11H,2-5,9,14H2,1H3. The number of nitrogens with two attached hydrogens (primary N) is 1. The fraction of sp³-hybridized carbons (Fsp3) is 0.538. The van der Waals surface area contributed by atoms with Gasteiger partial charge in [-0.05, 0) is 31.5 Å². The Morgan fingerprint density at radius 2 is 2.11 bits per heavy atom. The minimum absolute atomic E-state index is 0.110. The molecule has 5 heteroatoms. The molecule has 0 spiro atoms. The lowest BCUT2D eigenvalue weighted by Gasteiger charge is -2.24. The first-order valence-electron chi connectivity index (χ1n) is 6.31. The van der Waals surface area contributed by atoms with Crippen molar-refractivity contribution in [1.82, 2.24) is 4.90 Å². The molecule has 98 valence electrons. The first kappa shape index (κ1) is 12.8. The number of non-ortho nitro benzene ring substituents is 1. The van der Waals surface area contributed by atoms with Crippen molar-refractivity contribution in [3.05, 3.63) is 33.9 Å². The molecule has 5 nitrogen and oxygen atoms in total. The van der Waals surface area contributed by atoms with Crippen LogP contribution >= 0.6 is 0 Å². The molecular weight excluding hydrogens is 230 g/mol. The Morgan fingerprint density at radius 3 is 2.72 bits per heavy atom. The maximum absolute atomic E-state index is 10.8. The van der Waals surface area contributed by atoms with Gasteiger partial charge in [0.1, 0.15) is 0 Å². The molecule has 1 saturated carbocycles. The second kappa shape index (κ2) is 5.35. The molecule has 0 unspecified atom stereocenters. The Hall–Kier alpha value is -1.62. The van der Waals surface area contributed by atoms with Crippen LogP contribution in [0.2, 0.25) is 0 Å². The summed E-state index contributed by atoms with van der Waals surface area (Å²) >= 11 is 0. The molecular formula is C13H19N3O2. The van der Waals surface area contributed by atoms with Gasteiger partial charge in [-0.15, -0.1) is 0 Å². The summed E-state index contributed by atoms with van der Waals surface area (Å²) in [6.45, 7) is 0.679. The van der Waals surface area contributed by atoms with E-state index in [9.17, 15) is 10.1 Å². The molecule has 0 bridgehead atoms. The molecule has 1 aromatic carbocycles. The first-order valence-corrected chi connectivity index (χ1v) is 6.31. The Bertz CT molecular complexity index is 442.